The van der Waals surface area contributed by atoms with Gasteiger partial charge in [0.2, 0.25) is 0 Å². The average Bonchev–Trinajstić information content (AvgIpc) is 2.68. The van der Waals surface area contributed by atoms with Gasteiger partial charge in [-0.3, -0.25) is 0 Å². The summed E-state index contributed by atoms with van der Waals surface area (Å²) >= 11 is 5.82. The van der Waals surface area contributed by atoms with Gasteiger partial charge >= 0.3 is 0 Å². The molecule has 4 heteroatoms. The van der Waals surface area contributed by atoms with Crippen LogP contribution >= 0.6 is 11.6 Å². The number of imidazole rings is 1. The first-order valence-corrected chi connectivity index (χ1v) is 5.11. The molecule has 3 nitrogen and oxygen atoms in total. The predicted molar refractivity (Wildman–Crippen MR) is 61.3 cm³/mol. The highest BCUT2D eigenvalue weighted by Crippen LogP contribution is 2.13. The van der Waals surface area contributed by atoms with E-state index in [1.165, 1.54) is 0 Å². The Balaban J connectivity index is 2.25. The van der Waals surface area contributed by atoms with Gasteiger partial charge < -0.3 is 9.88 Å². The fourth-order valence-corrected chi connectivity index (χ4v) is 1.52. The van der Waals surface area contributed by atoms with E-state index in [0.717, 1.165) is 22.9 Å². The molecule has 0 bridgehead atoms. The number of nitrogens with zero attached hydrogens (tertiary/aromatic N) is 2. The molecule has 78 valence electrons. The molecule has 0 unspecified atom stereocenters. The molecule has 15 heavy (non-hydrogen) atoms. The van der Waals surface area contributed by atoms with Gasteiger partial charge in [-0.15, -0.1) is 0 Å². The minimum Gasteiger partial charge on any atom is -0.314 e. The zero-order valence-corrected chi connectivity index (χ0v) is 9.20. The van der Waals surface area contributed by atoms with Crippen molar-refractivity contribution < 1.29 is 0 Å². The molecule has 2 rings (SSSR count). The maximum atomic E-state index is 5.82. The van der Waals surface area contributed by atoms with Gasteiger partial charge in [0.1, 0.15) is 0 Å². The summed E-state index contributed by atoms with van der Waals surface area (Å²) in [4.78, 5) is 4.27. The van der Waals surface area contributed by atoms with Crippen LogP contribution < -0.4 is 5.32 Å². The van der Waals surface area contributed by atoms with Gasteiger partial charge in [0.15, 0.2) is 0 Å². The van der Waals surface area contributed by atoms with Crippen LogP contribution in [-0.2, 0) is 6.54 Å². The maximum absolute atomic E-state index is 5.82. The van der Waals surface area contributed by atoms with Crippen LogP contribution in [0.15, 0.2) is 36.8 Å². The summed E-state index contributed by atoms with van der Waals surface area (Å²) in [6, 6.07) is 7.67. The molecule has 0 aliphatic rings. The Bertz CT molecular complexity index is 433. The standard InChI is InChI=1S/C11H12ClN3/c1-13-6-10-7-15(8-14-10)11-4-2-9(12)3-5-11/h2-5,7-8,13H,6H2,1H3. The second kappa shape index (κ2) is 4.47. The van der Waals surface area contributed by atoms with Crippen molar-refractivity contribution in [1.29, 1.82) is 0 Å². The number of benzene rings is 1. The van der Waals surface area contributed by atoms with Gasteiger partial charge in [0.05, 0.1) is 12.0 Å². The highest BCUT2D eigenvalue weighted by Gasteiger charge is 1.99. The molecule has 2 aromatic rings. The minimum atomic E-state index is 0.745. The van der Waals surface area contributed by atoms with E-state index in [9.17, 15) is 0 Å². The van der Waals surface area contributed by atoms with E-state index in [2.05, 4.69) is 10.3 Å². The molecule has 1 aromatic carbocycles. The number of halogens is 1. The van der Waals surface area contributed by atoms with Crippen molar-refractivity contribution in [3.63, 3.8) is 0 Å². The second-order valence-corrected chi connectivity index (χ2v) is 3.72. The zero-order chi connectivity index (χ0) is 10.7. The lowest BCUT2D eigenvalue weighted by atomic mass is 10.3. The molecule has 0 saturated carbocycles. The molecular weight excluding hydrogens is 210 g/mol. The van der Waals surface area contributed by atoms with Gasteiger partial charge in [0.25, 0.3) is 0 Å². The van der Waals surface area contributed by atoms with Crippen molar-refractivity contribution >= 4 is 11.6 Å². The molecule has 1 heterocycles. The molecule has 0 saturated heterocycles. The molecule has 1 N–H and O–H groups in total. The van der Waals surface area contributed by atoms with Crippen molar-refractivity contribution in [3.05, 3.63) is 47.5 Å². The lowest BCUT2D eigenvalue weighted by Gasteiger charge is -2.00. The first kappa shape index (κ1) is 10.2. The van der Waals surface area contributed by atoms with E-state index >= 15 is 0 Å². The predicted octanol–water partition coefficient (Wildman–Crippen LogP) is 2.25. The van der Waals surface area contributed by atoms with E-state index in [0.29, 0.717) is 0 Å². The largest absolute Gasteiger partial charge is 0.314 e. The molecular formula is C11H12ClN3. The third-order valence-corrected chi connectivity index (χ3v) is 2.37. The third-order valence-electron chi connectivity index (χ3n) is 2.12. The molecule has 0 aliphatic carbocycles. The quantitative estimate of drug-likeness (QED) is 0.862. The van der Waals surface area contributed by atoms with Gasteiger partial charge in [-0.2, -0.15) is 0 Å². The van der Waals surface area contributed by atoms with E-state index in [1.54, 1.807) is 6.33 Å². The Morgan fingerprint density at radius 3 is 2.73 bits per heavy atom. The van der Waals surface area contributed by atoms with E-state index in [1.807, 2.05) is 42.1 Å². The van der Waals surface area contributed by atoms with Crippen molar-refractivity contribution in [3.8, 4) is 5.69 Å². The summed E-state index contributed by atoms with van der Waals surface area (Å²) in [6.07, 6.45) is 3.80. The van der Waals surface area contributed by atoms with Crippen LogP contribution in [-0.4, -0.2) is 16.6 Å². The topological polar surface area (TPSA) is 29.9 Å². The number of hydrogen-bond acceptors (Lipinski definition) is 2. The lowest BCUT2D eigenvalue weighted by molar-refractivity contribution is 0.796. The first-order chi connectivity index (χ1) is 7.29. The van der Waals surface area contributed by atoms with Crippen LogP contribution in [0.1, 0.15) is 5.69 Å². The van der Waals surface area contributed by atoms with Crippen LogP contribution in [0.5, 0.6) is 0 Å². The monoisotopic (exact) mass is 221 g/mol. The van der Waals surface area contributed by atoms with Gasteiger partial charge in [-0.25, -0.2) is 4.98 Å². The Labute approximate surface area is 93.7 Å². The fourth-order valence-electron chi connectivity index (χ4n) is 1.39. The highest BCUT2D eigenvalue weighted by atomic mass is 35.5. The SMILES string of the molecule is CNCc1cn(-c2ccc(Cl)cc2)cn1. The Morgan fingerprint density at radius 1 is 1.33 bits per heavy atom. The number of aromatic nitrogens is 2. The molecule has 0 radical (unpaired) electrons. The van der Waals surface area contributed by atoms with Gasteiger partial charge in [-0.05, 0) is 31.3 Å². The molecule has 0 spiro atoms. The fraction of sp³-hybridized carbons (Fsp3) is 0.182. The van der Waals surface area contributed by atoms with E-state index in [4.69, 9.17) is 11.6 Å². The highest BCUT2D eigenvalue weighted by molar-refractivity contribution is 6.30. The summed E-state index contributed by atoms with van der Waals surface area (Å²) in [5, 5.41) is 3.81. The molecule has 0 atom stereocenters. The molecule has 0 fully saturated rings. The van der Waals surface area contributed by atoms with Crippen molar-refractivity contribution in [1.82, 2.24) is 14.9 Å². The molecule has 1 aromatic heterocycles. The number of nitrogens with one attached hydrogen (secondary N) is 1. The van der Waals surface area contributed by atoms with Crippen LogP contribution in [0.25, 0.3) is 5.69 Å². The summed E-state index contributed by atoms with van der Waals surface area (Å²) in [7, 11) is 1.90. The zero-order valence-electron chi connectivity index (χ0n) is 8.44. The van der Waals surface area contributed by atoms with E-state index < -0.39 is 0 Å². The Morgan fingerprint density at radius 2 is 2.07 bits per heavy atom. The number of rotatable bonds is 3. The minimum absolute atomic E-state index is 0.745. The third kappa shape index (κ3) is 2.37. The smallest absolute Gasteiger partial charge is 0.0995 e. The summed E-state index contributed by atoms with van der Waals surface area (Å²) in [5.74, 6) is 0. The van der Waals surface area contributed by atoms with Crippen molar-refractivity contribution in [2.45, 2.75) is 6.54 Å². The Kier molecular flexibility index (Phi) is 3.04. The lowest BCUT2D eigenvalue weighted by Crippen LogP contribution is -2.04. The van der Waals surface area contributed by atoms with Crippen LogP contribution in [0.4, 0.5) is 0 Å². The summed E-state index contributed by atoms with van der Waals surface area (Å²) in [6.45, 7) is 0.778. The van der Waals surface area contributed by atoms with Gasteiger partial charge in [0, 0.05) is 23.5 Å². The molecule has 0 amide bonds. The molecule has 0 aliphatic heterocycles. The van der Waals surface area contributed by atoms with E-state index in [-0.39, 0.29) is 0 Å². The van der Waals surface area contributed by atoms with Crippen LogP contribution in [0.3, 0.4) is 0 Å². The summed E-state index contributed by atoms with van der Waals surface area (Å²) < 4.78 is 1.98. The second-order valence-electron chi connectivity index (χ2n) is 3.28. The maximum Gasteiger partial charge on any atom is 0.0995 e. The van der Waals surface area contributed by atoms with Crippen molar-refractivity contribution in [2.24, 2.45) is 0 Å². The van der Waals surface area contributed by atoms with Crippen LogP contribution in [0, 0.1) is 0 Å². The number of hydrogen-bond donors (Lipinski definition) is 1. The van der Waals surface area contributed by atoms with Crippen molar-refractivity contribution in [2.75, 3.05) is 7.05 Å². The Hall–Kier alpha value is -1.32. The first-order valence-electron chi connectivity index (χ1n) is 4.73. The normalized spacial score (nSPS) is 10.5. The van der Waals surface area contributed by atoms with Crippen LogP contribution in [0.2, 0.25) is 5.02 Å². The average molecular weight is 222 g/mol. The summed E-state index contributed by atoms with van der Waals surface area (Å²) in [5.41, 5.74) is 2.08. The van der Waals surface area contributed by atoms with Gasteiger partial charge in [-0.1, -0.05) is 11.6 Å².